The molecule has 1 aromatic carbocycles. The van der Waals surface area contributed by atoms with E-state index in [9.17, 15) is 0 Å². The maximum absolute atomic E-state index is 5.29. The first-order valence-electron chi connectivity index (χ1n) is 5.62. The maximum atomic E-state index is 5.29. The highest BCUT2D eigenvalue weighted by Gasteiger charge is 2.05. The average molecular weight is 215 g/mol. The predicted octanol–water partition coefficient (Wildman–Crippen LogP) is 4.02. The zero-order valence-electron chi connectivity index (χ0n) is 9.73. The molecule has 1 aromatic heterocycles. The minimum absolute atomic E-state index is 0.528. The van der Waals surface area contributed by atoms with Gasteiger partial charge in [0.1, 0.15) is 5.76 Å². The minimum atomic E-state index is 0.528. The van der Waals surface area contributed by atoms with Crippen LogP contribution >= 0.6 is 0 Å². The minimum Gasteiger partial charge on any atom is -0.467 e. The molecule has 0 fully saturated rings. The SMILES string of the molecule is CC(C)c1ccccc1NCc1ccco1. The van der Waals surface area contributed by atoms with Crippen molar-refractivity contribution in [3.63, 3.8) is 0 Å². The van der Waals surface area contributed by atoms with Crippen LogP contribution < -0.4 is 5.32 Å². The summed E-state index contributed by atoms with van der Waals surface area (Å²) in [6, 6.07) is 12.3. The maximum Gasteiger partial charge on any atom is 0.122 e. The molecule has 2 aromatic rings. The van der Waals surface area contributed by atoms with E-state index in [1.165, 1.54) is 11.3 Å². The monoisotopic (exact) mass is 215 g/mol. The van der Waals surface area contributed by atoms with E-state index in [-0.39, 0.29) is 0 Å². The summed E-state index contributed by atoms with van der Waals surface area (Å²) < 4.78 is 5.29. The molecule has 0 saturated heterocycles. The number of hydrogen-bond acceptors (Lipinski definition) is 2. The van der Waals surface area contributed by atoms with Gasteiger partial charge in [-0.3, -0.25) is 0 Å². The van der Waals surface area contributed by atoms with Crippen molar-refractivity contribution in [1.29, 1.82) is 0 Å². The molecule has 0 aliphatic carbocycles. The Balaban J connectivity index is 2.09. The Bertz CT molecular complexity index is 432. The summed E-state index contributed by atoms with van der Waals surface area (Å²) in [5.41, 5.74) is 2.53. The summed E-state index contributed by atoms with van der Waals surface area (Å²) in [4.78, 5) is 0. The molecule has 2 nitrogen and oxygen atoms in total. The Morgan fingerprint density at radius 3 is 2.62 bits per heavy atom. The number of anilines is 1. The fraction of sp³-hybridized carbons (Fsp3) is 0.286. The Labute approximate surface area is 96.3 Å². The quantitative estimate of drug-likeness (QED) is 0.833. The van der Waals surface area contributed by atoms with Crippen LogP contribution in [0.2, 0.25) is 0 Å². The van der Waals surface area contributed by atoms with E-state index >= 15 is 0 Å². The normalized spacial score (nSPS) is 10.7. The van der Waals surface area contributed by atoms with Gasteiger partial charge in [0.15, 0.2) is 0 Å². The molecule has 84 valence electrons. The van der Waals surface area contributed by atoms with E-state index in [0.29, 0.717) is 5.92 Å². The molecule has 0 amide bonds. The van der Waals surface area contributed by atoms with Gasteiger partial charge in [0.25, 0.3) is 0 Å². The zero-order valence-corrected chi connectivity index (χ0v) is 9.73. The number of nitrogens with one attached hydrogen (secondary N) is 1. The van der Waals surface area contributed by atoms with Gasteiger partial charge >= 0.3 is 0 Å². The fourth-order valence-corrected chi connectivity index (χ4v) is 1.76. The molecule has 0 atom stereocenters. The largest absolute Gasteiger partial charge is 0.467 e. The van der Waals surface area contributed by atoms with Gasteiger partial charge in [0.05, 0.1) is 12.8 Å². The first kappa shape index (κ1) is 10.8. The van der Waals surface area contributed by atoms with E-state index in [1.54, 1.807) is 6.26 Å². The molecule has 1 heterocycles. The summed E-state index contributed by atoms with van der Waals surface area (Å²) in [5, 5.41) is 3.40. The summed E-state index contributed by atoms with van der Waals surface area (Å²) in [6.45, 7) is 5.14. The lowest BCUT2D eigenvalue weighted by molar-refractivity contribution is 0.518. The second kappa shape index (κ2) is 4.88. The van der Waals surface area contributed by atoms with E-state index in [2.05, 4.69) is 43.4 Å². The average Bonchev–Trinajstić information content (AvgIpc) is 2.79. The van der Waals surface area contributed by atoms with E-state index in [4.69, 9.17) is 4.42 Å². The van der Waals surface area contributed by atoms with Crippen LogP contribution in [0, 0.1) is 0 Å². The highest BCUT2D eigenvalue weighted by Crippen LogP contribution is 2.24. The van der Waals surface area contributed by atoms with Gasteiger partial charge in [0.2, 0.25) is 0 Å². The smallest absolute Gasteiger partial charge is 0.122 e. The lowest BCUT2D eigenvalue weighted by Crippen LogP contribution is -2.02. The Kier molecular flexibility index (Phi) is 3.30. The van der Waals surface area contributed by atoms with Crippen LogP contribution in [-0.2, 0) is 6.54 Å². The third-order valence-corrected chi connectivity index (χ3v) is 2.62. The molecule has 0 radical (unpaired) electrons. The number of para-hydroxylation sites is 1. The van der Waals surface area contributed by atoms with Crippen molar-refractivity contribution < 1.29 is 4.42 Å². The van der Waals surface area contributed by atoms with Crippen molar-refractivity contribution in [3.8, 4) is 0 Å². The first-order valence-corrected chi connectivity index (χ1v) is 5.62. The molecule has 0 bridgehead atoms. The van der Waals surface area contributed by atoms with E-state index in [1.807, 2.05) is 12.1 Å². The molecule has 16 heavy (non-hydrogen) atoms. The van der Waals surface area contributed by atoms with Crippen molar-refractivity contribution in [3.05, 3.63) is 54.0 Å². The van der Waals surface area contributed by atoms with Crippen molar-refractivity contribution in [1.82, 2.24) is 0 Å². The van der Waals surface area contributed by atoms with Crippen molar-refractivity contribution in [2.45, 2.75) is 26.3 Å². The Hall–Kier alpha value is -1.70. The molecule has 2 heteroatoms. The molecule has 0 saturated carbocycles. The fourth-order valence-electron chi connectivity index (χ4n) is 1.76. The third kappa shape index (κ3) is 2.45. The molecular weight excluding hydrogens is 198 g/mol. The van der Waals surface area contributed by atoms with Crippen LogP contribution in [0.1, 0.15) is 31.1 Å². The molecule has 0 unspecified atom stereocenters. The Morgan fingerprint density at radius 2 is 1.94 bits per heavy atom. The van der Waals surface area contributed by atoms with Gasteiger partial charge in [-0.25, -0.2) is 0 Å². The number of furan rings is 1. The number of benzene rings is 1. The lowest BCUT2D eigenvalue weighted by Gasteiger charge is -2.13. The van der Waals surface area contributed by atoms with Crippen molar-refractivity contribution in [2.24, 2.45) is 0 Å². The van der Waals surface area contributed by atoms with Gasteiger partial charge in [-0.1, -0.05) is 32.0 Å². The molecule has 0 spiro atoms. The zero-order chi connectivity index (χ0) is 11.4. The van der Waals surface area contributed by atoms with Gasteiger partial charge in [-0.2, -0.15) is 0 Å². The lowest BCUT2D eigenvalue weighted by atomic mass is 10.0. The summed E-state index contributed by atoms with van der Waals surface area (Å²) >= 11 is 0. The summed E-state index contributed by atoms with van der Waals surface area (Å²) in [5.74, 6) is 1.49. The Morgan fingerprint density at radius 1 is 1.12 bits per heavy atom. The third-order valence-electron chi connectivity index (χ3n) is 2.62. The molecule has 1 N–H and O–H groups in total. The summed E-state index contributed by atoms with van der Waals surface area (Å²) in [6.07, 6.45) is 1.70. The molecular formula is C14H17NO. The molecule has 0 aliphatic heterocycles. The second-order valence-corrected chi connectivity index (χ2v) is 4.17. The van der Waals surface area contributed by atoms with Crippen molar-refractivity contribution in [2.75, 3.05) is 5.32 Å². The highest BCUT2D eigenvalue weighted by atomic mass is 16.3. The van der Waals surface area contributed by atoms with Gasteiger partial charge in [-0.05, 0) is 29.7 Å². The topological polar surface area (TPSA) is 25.2 Å². The van der Waals surface area contributed by atoms with Crippen molar-refractivity contribution >= 4 is 5.69 Å². The van der Waals surface area contributed by atoms with Crippen LogP contribution in [0.5, 0.6) is 0 Å². The number of hydrogen-bond donors (Lipinski definition) is 1. The van der Waals surface area contributed by atoms with Crippen LogP contribution in [-0.4, -0.2) is 0 Å². The summed E-state index contributed by atoms with van der Waals surface area (Å²) in [7, 11) is 0. The van der Waals surface area contributed by atoms with Crippen LogP contribution in [0.25, 0.3) is 0 Å². The van der Waals surface area contributed by atoms with Crippen LogP contribution in [0.4, 0.5) is 5.69 Å². The highest BCUT2D eigenvalue weighted by molar-refractivity contribution is 5.52. The van der Waals surface area contributed by atoms with Gasteiger partial charge in [-0.15, -0.1) is 0 Å². The van der Waals surface area contributed by atoms with Crippen LogP contribution in [0.3, 0.4) is 0 Å². The first-order chi connectivity index (χ1) is 7.77. The van der Waals surface area contributed by atoms with Gasteiger partial charge in [0, 0.05) is 5.69 Å². The molecule has 0 aliphatic rings. The van der Waals surface area contributed by atoms with E-state index in [0.717, 1.165) is 12.3 Å². The standard InChI is InChI=1S/C14H17NO/c1-11(2)13-7-3-4-8-14(13)15-10-12-6-5-9-16-12/h3-9,11,15H,10H2,1-2H3. The van der Waals surface area contributed by atoms with Gasteiger partial charge < -0.3 is 9.73 Å². The van der Waals surface area contributed by atoms with Crippen LogP contribution in [0.15, 0.2) is 47.1 Å². The molecule has 2 rings (SSSR count). The second-order valence-electron chi connectivity index (χ2n) is 4.17. The van der Waals surface area contributed by atoms with E-state index < -0.39 is 0 Å². The predicted molar refractivity (Wildman–Crippen MR) is 66.6 cm³/mol. The number of rotatable bonds is 4.